The van der Waals surface area contributed by atoms with Crippen LogP contribution in [0.25, 0.3) is 0 Å². The van der Waals surface area contributed by atoms with E-state index < -0.39 is 0 Å². The Labute approximate surface area is 128 Å². The van der Waals surface area contributed by atoms with E-state index in [1.54, 1.807) is 12.1 Å². The van der Waals surface area contributed by atoms with E-state index in [0.717, 1.165) is 25.2 Å². The lowest BCUT2D eigenvalue weighted by Crippen LogP contribution is -2.11. The summed E-state index contributed by atoms with van der Waals surface area (Å²) in [5, 5.41) is 8.71. The molecule has 0 radical (unpaired) electrons. The lowest BCUT2D eigenvalue weighted by atomic mass is 10.1. The maximum Gasteiger partial charge on any atom is 0.119 e. The van der Waals surface area contributed by atoms with Crippen molar-refractivity contribution < 1.29 is 9.47 Å². The molecule has 0 aromatic heterocycles. The van der Waals surface area contributed by atoms with Crippen LogP contribution in [0.15, 0.2) is 24.3 Å². The average molecular weight is 289 g/mol. The van der Waals surface area contributed by atoms with E-state index in [2.05, 4.69) is 19.9 Å². The summed E-state index contributed by atoms with van der Waals surface area (Å²) >= 11 is 0. The van der Waals surface area contributed by atoms with Crippen LogP contribution < -0.4 is 4.74 Å². The van der Waals surface area contributed by atoms with Gasteiger partial charge in [-0.15, -0.1) is 0 Å². The van der Waals surface area contributed by atoms with Crippen LogP contribution in [-0.4, -0.2) is 19.3 Å². The molecule has 1 aromatic carbocycles. The summed E-state index contributed by atoms with van der Waals surface area (Å²) in [6, 6.07) is 9.29. The average Bonchev–Trinajstić information content (AvgIpc) is 2.52. The standard InChI is InChI=1S/C18H27NO2/c1-3-4-5-6-8-16(2)20-13-7-14-21-18-11-9-17(15-19)10-12-18/h9-12,16H,3-8,13-14H2,1-2H3. The van der Waals surface area contributed by atoms with Crippen LogP contribution in [0, 0.1) is 11.3 Å². The van der Waals surface area contributed by atoms with E-state index in [-0.39, 0.29) is 0 Å². The summed E-state index contributed by atoms with van der Waals surface area (Å²) in [6.45, 7) is 5.76. The Kier molecular flexibility index (Phi) is 9.32. The fourth-order valence-electron chi connectivity index (χ4n) is 2.10. The molecule has 21 heavy (non-hydrogen) atoms. The third kappa shape index (κ3) is 8.37. The van der Waals surface area contributed by atoms with E-state index in [1.165, 1.54) is 25.7 Å². The maximum absolute atomic E-state index is 8.71. The molecule has 0 aliphatic rings. The van der Waals surface area contributed by atoms with Crippen molar-refractivity contribution in [2.45, 2.75) is 58.5 Å². The van der Waals surface area contributed by atoms with E-state index in [9.17, 15) is 0 Å². The van der Waals surface area contributed by atoms with Crippen molar-refractivity contribution in [1.29, 1.82) is 5.26 Å². The van der Waals surface area contributed by atoms with Crippen molar-refractivity contribution in [3.05, 3.63) is 29.8 Å². The molecule has 0 saturated carbocycles. The smallest absolute Gasteiger partial charge is 0.119 e. The normalized spacial score (nSPS) is 11.9. The van der Waals surface area contributed by atoms with Crippen molar-refractivity contribution in [3.8, 4) is 11.8 Å². The molecule has 0 bridgehead atoms. The Morgan fingerprint density at radius 3 is 2.48 bits per heavy atom. The third-order valence-electron chi connectivity index (χ3n) is 3.41. The fraction of sp³-hybridized carbons (Fsp3) is 0.611. The summed E-state index contributed by atoms with van der Waals surface area (Å²) in [7, 11) is 0. The predicted molar refractivity (Wildman–Crippen MR) is 85.4 cm³/mol. The van der Waals surface area contributed by atoms with Gasteiger partial charge in [-0.2, -0.15) is 5.26 Å². The van der Waals surface area contributed by atoms with Crippen molar-refractivity contribution >= 4 is 0 Å². The van der Waals surface area contributed by atoms with Crippen LogP contribution in [-0.2, 0) is 4.74 Å². The van der Waals surface area contributed by atoms with E-state index >= 15 is 0 Å². The first-order valence-corrected chi connectivity index (χ1v) is 8.00. The number of nitrogens with zero attached hydrogens (tertiary/aromatic N) is 1. The van der Waals surface area contributed by atoms with Crippen LogP contribution in [0.5, 0.6) is 5.75 Å². The van der Waals surface area contributed by atoms with Gasteiger partial charge in [-0.05, 0) is 37.6 Å². The van der Waals surface area contributed by atoms with Gasteiger partial charge in [0.2, 0.25) is 0 Å². The van der Waals surface area contributed by atoms with Crippen LogP contribution in [0.2, 0.25) is 0 Å². The molecule has 1 atom stereocenters. The molecule has 0 saturated heterocycles. The molecule has 116 valence electrons. The number of unbranched alkanes of at least 4 members (excludes halogenated alkanes) is 3. The van der Waals surface area contributed by atoms with Gasteiger partial charge in [0.25, 0.3) is 0 Å². The molecular weight excluding hydrogens is 262 g/mol. The first-order valence-electron chi connectivity index (χ1n) is 8.00. The highest BCUT2D eigenvalue weighted by Crippen LogP contribution is 2.12. The molecule has 1 aromatic rings. The molecule has 0 aliphatic carbocycles. The zero-order valence-electron chi connectivity index (χ0n) is 13.3. The van der Waals surface area contributed by atoms with Gasteiger partial charge in [-0.3, -0.25) is 0 Å². The van der Waals surface area contributed by atoms with Crippen LogP contribution in [0.4, 0.5) is 0 Å². The maximum atomic E-state index is 8.71. The van der Waals surface area contributed by atoms with Crippen LogP contribution >= 0.6 is 0 Å². The quantitative estimate of drug-likeness (QED) is 0.554. The summed E-state index contributed by atoms with van der Waals surface area (Å²) in [6.07, 6.45) is 7.56. The SMILES string of the molecule is CCCCCCC(C)OCCCOc1ccc(C#N)cc1. The zero-order chi connectivity index (χ0) is 15.3. The van der Waals surface area contributed by atoms with Gasteiger partial charge in [0.15, 0.2) is 0 Å². The van der Waals surface area contributed by atoms with Crippen molar-refractivity contribution in [1.82, 2.24) is 0 Å². The lowest BCUT2D eigenvalue weighted by Gasteiger charge is -2.13. The number of nitriles is 1. The molecule has 0 spiro atoms. The molecule has 0 fully saturated rings. The van der Waals surface area contributed by atoms with E-state index in [1.807, 2.05) is 12.1 Å². The molecule has 3 heteroatoms. The summed E-state index contributed by atoms with van der Waals surface area (Å²) in [5.74, 6) is 0.807. The Morgan fingerprint density at radius 1 is 1.05 bits per heavy atom. The van der Waals surface area contributed by atoms with Gasteiger partial charge in [0.05, 0.1) is 31.0 Å². The fourth-order valence-corrected chi connectivity index (χ4v) is 2.10. The Morgan fingerprint density at radius 2 is 1.81 bits per heavy atom. The van der Waals surface area contributed by atoms with E-state index in [0.29, 0.717) is 18.3 Å². The minimum Gasteiger partial charge on any atom is -0.494 e. The summed E-state index contributed by atoms with van der Waals surface area (Å²) in [4.78, 5) is 0. The monoisotopic (exact) mass is 289 g/mol. The van der Waals surface area contributed by atoms with Gasteiger partial charge in [-0.25, -0.2) is 0 Å². The molecule has 1 rings (SSSR count). The molecule has 0 amide bonds. The van der Waals surface area contributed by atoms with Crippen molar-refractivity contribution in [2.75, 3.05) is 13.2 Å². The second kappa shape index (κ2) is 11.2. The van der Waals surface area contributed by atoms with Gasteiger partial charge >= 0.3 is 0 Å². The molecular formula is C18H27NO2. The Bertz CT molecular complexity index is 408. The van der Waals surface area contributed by atoms with Crippen molar-refractivity contribution in [3.63, 3.8) is 0 Å². The summed E-state index contributed by atoms with van der Waals surface area (Å²) < 4.78 is 11.4. The zero-order valence-corrected chi connectivity index (χ0v) is 13.3. The molecule has 0 heterocycles. The number of rotatable bonds is 11. The number of hydrogen-bond acceptors (Lipinski definition) is 3. The first-order chi connectivity index (χ1) is 10.3. The van der Waals surface area contributed by atoms with Gasteiger partial charge in [0, 0.05) is 6.42 Å². The van der Waals surface area contributed by atoms with Crippen LogP contribution in [0.3, 0.4) is 0 Å². The second-order valence-electron chi connectivity index (χ2n) is 5.37. The number of ether oxygens (including phenoxy) is 2. The Hall–Kier alpha value is -1.53. The summed E-state index contributed by atoms with van der Waals surface area (Å²) in [5.41, 5.74) is 0.655. The van der Waals surface area contributed by atoms with Gasteiger partial charge < -0.3 is 9.47 Å². The van der Waals surface area contributed by atoms with Gasteiger partial charge in [0.1, 0.15) is 5.75 Å². The number of hydrogen-bond donors (Lipinski definition) is 0. The first kappa shape index (κ1) is 17.5. The number of benzene rings is 1. The minimum atomic E-state index is 0.344. The highest BCUT2D eigenvalue weighted by atomic mass is 16.5. The predicted octanol–water partition coefficient (Wildman–Crippen LogP) is 4.70. The van der Waals surface area contributed by atoms with Gasteiger partial charge in [-0.1, -0.05) is 32.6 Å². The van der Waals surface area contributed by atoms with E-state index in [4.69, 9.17) is 14.7 Å². The molecule has 0 aliphatic heterocycles. The minimum absolute atomic E-state index is 0.344. The molecule has 0 N–H and O–H groups in total. The second-order valence-corrected chi connectivity index (χ2v) is 5.37. The highest BCUT2D eigenvalue weighted by Gasteiger charge is 2.02. The largest absolute Gasteiger partial charge is 0.494 e. The topological polar surface area (TPSA) is 42.2 Å². The Balaban J connectivity index is 2.02. The highest BCUT2D eigenvalue weighted by molar-refractivity contribution is 5.34. The van der Waals surface area contributed by atoms with Crippen molar-refractivity contribution in [2.24, 2.45) is 0 Å². The van der Waals surface area contributed by atoms with Crippen LogP contribution in [0.1, 0.15) is 57.9 Å². The molecule has 1 unspecified atom stereocenters. The lowest BCUT2D eigenvalue weighted by molar-refractivity contribution is 0.0507. The molecule has 3 nitrogen and oxygen atoms in total. The third-order valence-corrected chi connectivity index (χ3v) is 3.41.